The highest BCUT2D eigenvalue weighted by atomic mass is 19.4. The Morgan fingerprint density at radius 3 is 2.41 bits per heavy atom. The third-order valence-corrected chi connectivity index (χ3v) is 8.07. The van der Waals surface area contributed by atoms with E-state index in [0.29, 0.717) is 12.1 Å². The number of alkyl halides is 3. The Labute approximate surface area is 221 Å². The number of carbonyl (C=O) groups excluding carboxylic acids is 3. The number of hydrogen-bond acceptors (Lipinski definition) is 7. The second-order valence-electron chi connectivity index (χ2n) is 10.4. The van der Waals surface area contributed by atoms with Crippen LogP contribution in [-0.2, 0) is 11.3 Å². The zero-order valence-corrected chi connectivity index (χ0v) is 21.2. The van der Waals surface area contributed by atoms with Gasteiger partial charge >= 0.3 is 6.36 Å². The Morgan fingerprint density at radius 2 is 1.74 bits per heavy atom. The van der Waals surface area contributed by atoms with Crippen molar-refractivity contribution >= 4 is 23.4 Å². The monoisotopic (exact) mass is 544 g/mol. The van der Waals surface area contributed by atoms with Gasteiger partial charge in [-0.05, 0) is 68.6 Å². The number of nitrogens with one attached hydrogen (secondary N) is 2. The molecule has 6 rings (SSSR count). The number of benzene rings is 1. The summed E-state index contributed by atoms with van der Waals surface area (Å²) in [7, 11) is 0. The van der Waals surface area contributed by atoms with E-state index < -0.39 is 23.9 Å². The second kappa shape index (κ2) is 9.93. The summed E-state index contributed by atoms with van der Waals surface area (Å²) in [4.78, 5) is 46.4. The molecular formula is C26H27F3N6O4. The van der Waals surface area contributed by atoms with Crippen molar-refractivity contribution in [3.05, 3.63) is 53.6 Å². The first-order valence-corrected chi connectivity index (χ1v) is 12.6. The maximum atomic E-state index is 13.2. The van der Waals surface area contributed by atoms with Crippen LogP contribution in [0.1, 0.15) is 72.0 Å². The Bertz CT molecular complexity index is 1410. The van der Waals surface area contributed by atoms with E-state index in [4.69, 9.17) is 0 Å². The fraction of sp³-hybridized carbons (Fsp3) is 0.462. The molecule has 39 heavy (non-hydrogen) atoms. The molecule has 10 nitrogen and oxygen atoms in total. The summed E-state index contributed by atoms with van der Waals surface area (Å²) in [6.07, 6.45) is 1.47. The molecule has 3 aliphatic rings. The molecule has 0 radical (unpaired) electrons. The van der Waals surface area contributed by atoms with Crippen molar-refractivity contribution in [1.29, 1.82) is 0 Å². The van der Waals surface area contributed by atoms with E-state index in [2.05, 4.69) is 30.4 Å². The first kappa shape index (κ1) is 26.6. The zero-order chi connectivity index (χ0) is 27.8. The molecule has 2 heterocycles. The van der Waals surface area contributed by atoms with Gasteiger partial charge in [0.05, 0.1) is 0 Å². The van der Waals surface area contributed by atoms with Crippen molar-refractivity contribution in [1.82, 2.24) is 30.2 Å². The number of aromatic nitrogens is 4. The van der Waals surface area contributed by atoms with E-state index in [-0.39, 0.29) is 40.3 Å². The summed E-state index contributed by atoms with van der Waals surface area (Å²) in [6.45, 7) is 2.01. The van der Waals surface area contributed by atoms with Gasteiger partial charge in [0.15, 0.2) is 0 Å². The molecule has 13 heteroatoms. The molecule has 0 spiro atoms. The molecule has 0 atom stereocenters. The first-order chi connectivity index (χ1) is 18.5. The molecule has 3 fully saturated rings. The van der Waals surface area contributed by atoms with Crippen molar-refractivity contribution in [2.45, 2.75) is 58.4 Å². The Balaban J connectivity index is 1.26. The minimum atomic E-state index is -4.83. The predicted octanol–water partition coefficient (Wildman–Crippen LogP) is 3.61. The van der Waals surface area contributed by atoms with Crippen molar-refractivity contribution < 1.29 is 32.3 Å². The summed E-state index contributed by atoms with van der Waals surface area (Å²) in [6, 6.07) is 6.54. The van der Waals surface area contributed by atoms with Crippen molar-refractivity contribution in [2.75, 3.05) is 6.54 Å². The Hall–Kier alpha value is -4.03. The third-order valence-electron chi connectivity index (χ3n) is 8.07. The quantitative estimate of drug-likeness (QED) is 0.444. The number of Topliss-reactive ketones (excluding diaryl/α,β-unsaturated/α-hetero) is 1. The van der Waals surface area contributed by atoms with E-state index in [9.17, 15) is 27.6 Å². The molecule has 2 amide bonds. The normalized spacial score (nSPS) is 22.5. The van der Waals surface area contributed by atoms with Gasteiger partial charge in [0.1, 0.15) is 29.2 Å². The molecule has 0 unspecified atom stereocenters. The van der Waals surface area contributed by atoms with Gasteiger partial charge in [0.25, 0.3) is 17.6 Å². The molecular weight excluding hydrogens is 517 g/mol. The number of ether oxygens (including phenoxy) is 1. The van der Waals surface area contributed by atoms with Crippen molar-refractivity contribution in [3.63, 3.8) is 0 Å². The number of ketones is 1. The first-order valence-electron chi connectivity index (χ1n) is 12.6. The summed E-state index contributed by atoms with van der Waals surface area (Å²) in [5.41, 5.74) is 0.0806. The number of amides is 2. The standard InChI is InChI=1S/C26H27F3N6O4/c1-16(36)25-8-5-24(6-9-25,7-10-25)14-31-22(38)20-12-19(34-23-32-15-33-35(20)23)21(37)30-13-17-3-2-4-18(11-17)39-26(27,28)29/h2-4,11-12,15H,5-10,13-14H2,1H3,(H,30,37)(H,31,38). The highest BCUT2D eigenvalue weighted by Crippen LogP contribution is 2.56. The van der Waals surface area contributed by atoms with Gasteiger partial charge in [-0.2, -0.15) is 14.6 Å². The van der Waals surface area contributed by atoms with Crippen LogP contribution in [0.2, 0.25) is 0 Å². The van der Waals surface area contributed by atoms with E-state index in [1.54, 1.807) is 6.92 Å². The molecule has 2 N–H and O–H groups in total. The molecule has 2 aromatic heterocycles. The highest BCUT2D eigenvalue weighted by Gasteiger charge is 2.50. The Kier molecular flexibility index (Phi) is 6.77. The number of halogens is 3. The topological polar surface area (TPSA) is 128 Å². The van der Waals surface area contributed by atoms with Crippen LogP contribution >= 0.6 is 0 Å². The van der Waals surface area contributed by atoms with E-state index in [1.807, 2.05) is 0 Å². The van der Waals surface area contributed by atoms with Gasteiger partial charge < -0.3 is 15.4 Å². The molecule has 0 saturated heterocycles. The van der Waals surface area contributed by atoms with Gasteiger partial charge in [0.2, 0.25) is 0 Å². The average Bonchev–Trinajstić information content (AvgIpc) is 3.39. The van der Waals surface area contributed by atoms with Crippen LogP contribution in [0.4, 0.5) is 13.2 Å². The van der Waals surface area contributed by atoms with E-state index in [1.165, 1.54) is 29.0 Å². The maximum absolute atomic E-state index is 13.2. The van der Waals surface area contributed by atoms with Gasteiger partial charge in [-0.3, -0.25) is 14.4 Å². The van der Waals surface area contributed by atoms with Gasteiger partial charge in [-0.25, -0.2) is 4.98 Å². The summed E-state index contributed by atoms with van der Waals surface area (Å²) >= 11 is 0. The lowest BCUT2D eigenvalue weighted by atomic mass is 9.52. The van der Waals surface area contributed by atoms with E-state index >= 15 is 0 Å². The smallest absolute Gasteiger partial charge is 0.406 e. The minimum Gasteiger partial charge on any atom is -0.406 e. The number of fused-ring (bicyclic) bond motifs is 4. The fourth-order valence-electron chi connectivity index (χ4n) is 5.63. The van der Waals surface area contributed by atoms with Gasteiger partial charge in [0, 0.05) is 24.6 Å². The summed E-state index contributed by atoms with van der Waals surface area (Å²) in [5.74, 6) is -1.19. The van der Waals surface area contributed by atoms with Crippen molar-refractivity contribution in [3.8, 4) is 5.75 Å². The van der Waals surface area contributed by atoms with Crippen LogP contribution < -0.4 is 15.4 Å². The zero-order valence-electron chi connectivity index (χ0n) is 21.2. The highest BCUT2D eigenvalue weighted by molar-refractivity contribution is 5.98. The van der Waals surface area contributed by atoms with Crippen LogP contribution in [0, 0.1) is 10.8 Å². The maximum Gasteiger partial charge on any atom is 0.573 e. The molecule has 3 aromatic rings. The number of carbonyl (C=O) groups is 3. The SMILES string of the molecule is CC(=O)C12CCC(CNC(=O)c3cc(C(=O)NCc4cccc(OC(F)(F)F)c4)nc4ncnn34)(CC1)CC2. The fourth-order valence-corrected chi connectivity index (χ4v) is 5.63. The molecule has 206 valence electrons. The molecule has 3 aliphatic carbocycles. The van der Waals surface area contributed by atoms with Crippen LogP contribution in [0.5, 0.6) is 5.75 Å². The largest absolute Gasteiger partial charge is 0.573 e. The number of nitrogens with zero attached hydrogens (tertiary/aromatic N) is 4. The predicted molar refractivity (Wildman–Crippen MR) is 131 cm³/mol. The lowest BCUT2D eigenvalue weighted by molar-refractivity contribution is -0.274. The Morgan fingerprint density at radius 1 is 1.03 bits per heavy atom. The van der Waals surface area contributed by atoms with Crippen LogP contribution in [0.15, 0.2) is 36.7 Å². The molecule has 1 aromatic carbocycles. The van der Waals surface area contributed by atoms with Crippen molar-refractivity contribution in [2.24, 2.45) is 10.8 Å². The average molecular weight is 545 g/mol. The summed E-state index contributed by atoms with van der Waals surface area (Å²) < 4.78 is 42.7. The number of rotatable bonds is 8. The molecule has 0 aliphatic heterocycles. The van der Waals surface area contributed by atoms with Gasteiger partial charge in [-0.15, -0.1) is 13.2 Å². The van der Waals surface area contributed by atoms with E-state index in [0.717, 1.165) is 50.7 Å². The van der Waals surface area contributed by atoms with Crippen LogP contribution in [-0.4, -0.2) is 50.1 Å². The lowest BCUT2D eigenvalue weighted by Crippen LogP contribution is -2.49. The molecule has 3 saturated carbocycles. The van der Waals surface area contributed by atoms with Crippen LogP contribution in [0.25, 0.3) is 5.78 Å². The number of hydrogen-bond donors (Lipinski definition) is 2. The van der Waals surface area contributed by atoms with Gasteiger partial charge in [-0.1, -0.05) is 12.1 Å². The van der Waals surface area contributed by atoms with Crippen LogP contribution in [0.3, 0.4) is 0 Å². The summed E-state index contributed by atoms with van der Waals surface area (Å²) in [5, 5.41) is 9.62. The third kappa shape index (κ3) is 5.57. The second-order valence-corrected chi connectivity index (χ2v) is 10.4. The minimum absolute atomic E-state index is 0.0492. The lowest BCUT2D eigenvalue weighted by Gasteiger charge is -2.52. The molecule has 2 bridgehead atoms.